The first-order chi connectivity index (χ1) is 10.3. The van der Waals surface area contributed by atoms with Crippen LogP contribution >= 0.6 is 0 Å². The van der Waals surface area contributed by atoms with Gasteiger partial charge in [0, 0.05) is 50.8 Å². The van der Waals surface area contributed by atoms with Crippen LogP contribution in [0.4, 0.5) is 5.95 Å². The zero-order valence-electron chi connectivity index (χ0n) is 13.3. The van der Waals surface area contributed by atoms with Crippen molar-refractivity contribution in [3.63, 3.8) is 0 Å². The number of hydrogen-bond acceptors (Lipinski definition) is 5. The number of piperidine rings is 1. The Hall–Kier alpha value is -1.20. The van der Waals surface area contributed by atoms with E-state index in [-0.39, 0.29) is 0 Å². The molecule has 1 aromatic rings. The zero-order chi connectivity index (χ0) is 14.9. The minimum absolute atomic E-state index is 0.683. The summed E-state index contributed by atoms with van der Waals surface area (Å²) in [6.07, 6.45) is 10.2. The predicted molar refractivity (Wildman–Crippen MR) is 85.4 cm³/mol. The first kappa shape index (κ1) is 16.2. The normalized spacial score (nSPS) is 19.6. The van der Waals surface area contributed by atoms with E-state index in [0.29, 0.717) is 6.04 Å². The number of methoxy groups -OCH3 is 1. The van der Waals surface area contributed by atoms with Gasteiger partial charge in [-0.05, 0) is 39.2 Å². The molecule has 0 aliphatic carbocycles. The van der Waals surface area contributed by atoms with Crippen LogP contribution in [0.25, 0.3) is 0 Å². The van der Waals surface area contributed by atoms with Crippen LogP contribution in [-0.4, -0.2) is 47.7 Å². The smallest absolute Gasteiger partial charge is 0.222 e. The highest BCUT2D eigenvalue weighted by molar-refractivity contribution is 5.24. The summed E-state index contributed by atoms with van der Waals surface area (Å²) in [7, 11) is 1.78. The summed E-state index contributed by atoms with van der Waals surface area (Å²) >= 11 is 0. The topological polar surface area (TPSA) is 50.3 Å². The quantitative estimate of drug-likeness (QED) is 0.747. The number of aromatic nitrogens is 2. The van der Waals surface area contributed by atoms with Crippen molar-refractivity contribution in [1.29, 1.82) is 0 Å². The number of nitrogens with one attached hydrogen (secondary N) is 1. The second-order valence-electron chi connectivity index (χ2n) is 5.70. The van der Waals surface area contributed by atoms with E-state index in [1.54, 1.807) is 7.11 Å². The van der Waals surface area contributed by atoms with Crippen molar-refractivity contribution in [3.05, 3.63) is 18.0 Å². The Bertz CT molecular complexity index is 396. The van der Waals surface area contributed by atoms with Crippen LogP contribution in [0.3, 0.4) is 0 Å². The number of anilines is 1. The fourth-order valence-electron chi connectivity index (χ4n) is 2.98. The van der Waals surface area contributed by atoms with Gasteiger partial charge in [-0.1, -0.05) is 6.42 Å². The van der Waals surface area contributed by atoms with Crippen molar-refractivity contribution in [2.45, 2.75) is 51.6 Å². The molecule has 0 radical (unpaired) electrons. The van der Waals surface area contributed by atoms with Gasteiger partial charge in [-0.25, -0.2) is 9.97 Å². The summed E-state index contributed by atoms with van der Waals surface area (Å²) < 4.78 is 5.18. The van der Waals surface area contributed by atoms with Crippen LogP contribution in [0.5, 0.6) is 0 Å². The van der Waals surface area contributed by atoms with E-state index >= 15 is 0 Å². The van der Waals surface area contributed by atoms with Crippen molar-refractivity contribution >= 4 is 5.95 Å². The second-order valence-corrected chi connectivity index (χ2v) is 5.70. The molecule has 1 atom stereocenters. The average Bonchev–Trinajstić information content (AvgIpc) is 2.51. The summed E-state index contributed by atoms with van der Waals surface area (Å²) in [4.78, 5) is 11.3. The number of rotatable bonds is 8. The molecule has 1 saturated heterocycles. The lowest BCUT2D eigenvalue weighted by Gasteiger charge is -2.35. The van der Waals surface area contributed by atoms with Gasteiger partial charge in [-0.3, -0.25) is 4.90 Å². The Morgan fingerprint density at radius 1 is 1.33 bits per heavy atom. The van der Waals surface area contributed by atoms with Crippen LogP contribution in [0.15, 0.2) is 12.4 Å². The minimum atomic E-state index is 0.683. The molecular weight excluding hydrogens is 264 g/mol. The number of ether oxygens (including phenoxy) is 1. The van der Waals surface area contributed by atoms with Gasteiger partial charge in [0.2, 0.25) is 5.95 Å². The van der Waals surface area contributed by atoms with Gasteiger partial charge in [-0.15, -0.1) is 0 Å². The van der Waals surface area contributed by atoms with Crippen LogP contribution < -0.4 is 5.32 Å². The molecule has 1 aromatic heterocycles. The first-order valence-corrected chi connectivity index (χ1v) is 8.11. The fraction of sp³-hybridized carbons (Fsp3) is 0.750. The molecule has 1 aliphatic heterocycles. The molecule has 5 nitrogen and oxygen atoms in total. The molecule has 0 bridgehead atoms. The molecule has 118 valence electrons. The first-order valence-electron chi connectivity index (χ1n) is 8.11. The van der Waals surface area contributed by atoms with Gasteiger partial charge in [0.25, 0.3) is 0 Å². The van der Waals surface area contributed by atoms with Gasteiger partial charge in [0.1, 0.15) is 0 Å². The summed E-state index contributed by atoms with van der Waals surface area (Å²) in [6, 6.07) is 0.683. The maximum Gasteiger partial charge on any atom is 0.222 e. The third kappa shape index (κ3) is 5.25. The fourth-order valence-corrected chi connectivity index (χ4v) is 2.98. The SMILES string of the molecule is CCNc1ncc(CN2CCCC[C@@H]2CCCOC)cn1. The molecule has 2 rings (SSSR count). The molecule has 1 aliphatic rings. The second kappa shape index (κ2) is 8.95. The summed E-state index contributed by atoms with van der Waals surface area (Å²) in [5, 5.41) is 3.13. The molecule has 0 amide bonds. The molecule has 2 heterocycles. The van der Waals surface area contributed by atoms with E-state index in [0.717, 1.165) is 32.1 Å². The van der Waals surface area contributed by atoms with Crippen LogP contribution in [0.2, 0.25) is 0 Å². The maximum absolute atomic E-state index is 5.18. The van der Waals surface area contributed by atoms with Crippen LogP contribution in [0, 0.1) is 0 Å². The molecule has 1 N–H and O–H groups in total. The number of hydrogen-bond donors (Lipinski definition) is 1. The van der Waals surface area contributed by atoms with Gasteiger partial charge in [-0.2, -0.15) is 0 Å². The van der Waals surface area contributed by atoms with E-state index in [2.05, 4.69) is 27.1 Å². The molecule has 0 unspecified atom stereocenters. The summed E-state index contributed by atoms with van der Waals surface area (Å²) in [5.41, 5.74) is 1.20. The molecule has 1 fully saturated rings. The zero-order valence-corrected chi connectivity index (χ0v) is 13.3. The van der Waals surface area contributed by atoms with Crippen molar-refractivity contribution in [3.8, 4) is 0 Å². The largest absolute Gasteiger partial charge is 0.385 e. The van der Waals surface area contributed by atoms with Crippen molar-refractivity contribution in [2.75, 3.05) is 32.1 Å². The van der Waals surface area contributed by atoms with Crippen molar-refractivity contribution < 1.29 is 4.74 Å². The molecular formula is C16H28N4O. The van der Waals surface area contributed by atoms with Crippen molar-refractivity contribution in [1.82, 2.24) is 14.9 Å². The number of likely N-dealkylation sites (tertiary alicyclic amines) is 1. The Balaban J connectivity index is 1.88. The number of nitrogens with zero attached hydrogens (tertiary/aromatic N) is 3. The lowest BCUT2D eigenvalue weighted by atomic mass is 9.97. The third-order valence-electron chi connectivity index (χ3n) is 4.06. The van der Waals surface area contributed by atoms with E-state index in [9.17, 15) is 0 Å². The van der Waals surface area contributed by atoms with Gasteiger partial charge >= 0.3 is 0 Å². The lowest BCUT2D eigenvalue weighted by Crippen LogP contribution is -2.39. The van der Waals surface area contributed by atoms with E-state index in [1.165, 1.54) is 37.8 Å². The van der Waals surface area contributed by atoms with E-state index in [4.69, 9.17) is 4.74 Å². The Labute approximate surface area is 128 Å². The molecule has 5 heteroatoms. The monoisotopic (exact) mass is 292 g/mol. The lowest BCUT2D eigenvalue weighted by molar-refractivity contribution is 0.116. The average molecular weight is 292 g/mol. The predicted octanol–water partition coefficient (Wildman–Crippen LogP) is 2.69. The van der Waals surface area contributed by atoms with E-state index < -0.39 is 0 Å². The highest BCUT2D eigenvalue weighted by Gasteiger charge is 2.22. The molecule has 0 saturated carbocycles. The summed E-state index contributed by atoms with van der Waals surface area (Å²) in [5.74, 6) is 0.719. The van der Waals surface area contributed by atoms with Crippen molar-refractivity contribution in [2.24, 2.45) is 0 Å². The third-order valence-corrected chi connectivity index (χ3v) is 4.06. The Morgan fingerprint density at radius 2 is 2.14 bits per heavy atom. The maximum atomic E-state index is 5.18. The molecule has 0 spiro atoms. The van der Waals surface area contributed by atoms with Gasteiger partial charge < -0.3 is 10.1 Å². The van der Waals surface area contributed by atoms with Crippen LogP contribution in [-0.2, 0) is 11.3 Å². The highest BCUT2D eigenvalue weighted by atomic mass is 16.5. The Morgan fingerprint density at radius 3 is 2.86 bits per heavy atom. The van der Waals surface area contributed by atoms with Gasteiger partial charge in [0.15, 0.2) is 0 Å². The van der Waals surface area contributed by atoms with E-state index in [1.807, 2.05) is 12.4 Å². The molecule has 0 aromatic carbocycles. The van der Waals surface area contributed by atoms with Crippen LogP contribution in [0.1, 0.15) is 44.6 Å². The minimum Gasteiger partial charge on any atom is -0.385 e. The standard InChI is InChI=1S/C16H28N4O/c1-3-17-16-18-11-14(12-19-16)13-20-9-5-4-7-15(20)8-6-10-21-2/h11-12,15H,3-10,13H2,1-2H3,(H,17,18,19)/t15-/m1/s1. The summed E-state index contributed by atoms with van der Waals surface area (Å²) in [6.45, 7) is 5.92. The molecule has 21 heavy (non-hydrogen) atoms. The Kier molecular flexibility index (Phi) is 6.89. The highest BCUT2D eigenvalue weighted by Crippen LogP contribution is 2.22. The van der Waals surface area contributed by atoms with Gasteiger partial charge in [0.05, 0.1) is 0 Å².